The van der Waals surface area contributed by atoms with Gasteiger partial charge in [0.15, 0.2) is 11.5 Å². The molecule has 0 aromatic heterocycles. The number of hydrogen-bond acceptors (Lipinski definition) is 6. The van der Waals surface area contributed by atoms with Crippen molar-refractivity contribution in [3.05, 3.63) is 57.6 Å². The highest BCUT2D eigenvalue weighted by molar-refractivity contribution is 5.98. The number of halogens is 3. The van der Waals surface area contributed by atoms with Gasteiger partial charge in [0.2, 0.25) is 0 Å². The molecule has 27 heavy (non-hydrogen) atoms. The van der Waals surface area contributed by atoms with Crippen LogP contribution < -0.4 is 20.3 Å². The highest BCUT2D eigenvalue weighted by Gasteiger charge is 2.33. The number of nitro groups is 1. The molecule has 0 aliphatic carbocycles. The number of hydrogen-bond donors (Lipinski definition) is 2. The zero-order chi connectivity index (χ0) is 20.2. The van der Waals surface area contributed by atoms with E-state index in [0.29, 0.717) is 12.1 Å². The van der Waals surface area contributed by atoms with E-state index in [4.69, 9.17) is 9.47 Å². The molecule has 0 saturated carbocycles. The highest BCUT2D eigenvalue weighted by Crippen LogP contribution is 2.35. The molecule has 0 unspecified atom stereocenters. The largest absolute Gasteiger partial charge is 0.493 e. The molecule has 0 heterocycles. The fraction of sp³-hybridized carbons (Fsp3) is 0.188. The van der Waals surface area contributed by atoms with E-state index in [1.807, 2.05) is 0 Å². The topological polar surface area (TPSA) is 103 Å². The zero-order valence-electron chi connectivity index (χ0n) is 14.1. The monoisotopic (exact) mass is 385 g/mol. The summed E-state index contributed by atoms with van der Waals surface area (Å²) in [4.78, 5) is 22.4. The van der Waals surface area contributed by atoms with Crippen LogP contribution in [0.5, 0.6) is 11.5 Å². The normalized spacial score (nSPS) is 10.9. The van der Waals surface area contributed by atoms with E-state index < -0.39 is 28.3 Å². The number of para-hydroxylation sites is 1. The average molecular weight is 385 g/mol. The lowest BCUT2D eigenvalue weighted by Crippen LogP contribution is -2.30. The van der Waals surface area contributed by atoms with Gasteiger partial charge in [-0.15, -0.1) is 0 Å². The van der Waals surface area contributed by atoms with Crippen molar-refractivity contribution in [1.29, 1.82) is 0 Å². The fourth-order valence-electron chi connectivity index (χ4n) is 2.22. The first-order valence-electron chi connectivity index (χ1n) is 7.32. The summed E-state index contributed by atoms with van der Waals surface area (Å²) >= 11 is 0. The molecule has 0 radical (unpaired) electrons. The Morgan fingerprint density at radius 2 is 1.85 bits per heavy atom. The first-order valence-corrected chi connectivity index (χ1v) is 7.32. The molecule has 0 spiro atoms. The Balaban J connectivity index is 2.27. The lowest BCUT2D eigenvalue weighted by Gasteiger charge is -2.14. The third kappa shape index (κ3) is 4.37. The van der Waals surface area contributed by atoms with Gasteiger partial charge < -0.3 is 9.47 Å². The van der Waals surface area contributed by atoms with Crippen molar-refractivity contribution in [2.24, 2.45) is 0 Å². The minimum Gasteiger partial charge on any atom is -0.493 e. The van der Waals surface area contributed by atoms with Gasteiger partial charge in [-0.1, -0.05) is 6.07 Å². The number of nitrogens with one attached hydrogen (secondary N) is 2. The molecule has 2 aromatic rings. The predicted octanol–water partition coefficient (Wildman–Crippen LogP) is 3.39. The van der Waals surface area contributed by atoms with E-state index in [-0.39, 0.29) is 22.7 Å². The number of carbonyl (C=O) groups excluding carboxylic acids is 1. The van der Waals surface area contributed by atoms with Crippen LogP contribution in [-0.4, -0.2) is 25.1 Å². The van der Waals surface area contributed by atoms with Crippen molar-refractivity contribution in [2.75, 3.05) is 19.6 Å². The molecule has 2 aromatic carbocycles. The van der Waals surface area contributed by atoms with Crippen LogP contribution in [0, 0.1) is 10.1 Å². The third-order valence-electron chi connectivity index (χ3n) is 3.48. The van der Waals surface area contributed by atoms with Crippen LogP contribution in [0.25, 0.3) is 0 Å². The lowest BCUT2D eigenvalue weighted by molar-refractivity contribution is -0.384. The van der Waals surface area contributed by atoms with Gasteiger partial charge in [0.25, 0.3) is 11.6 Å². The lowest BCUT2D eigenvalue weighted by atomic mass is 10.1. The maximum absolute atomic E-state index is 12.7. The first kappa shape index (κ1) is 19.8. The maximum Gasteiger partial charge on any atom is 0.416 e. The molecule has 2 N–H and O–H groups in total. The van der Waals surface area contributed by atoms with E-state index >= 15 is 0 Å². The molecule has 11 heteroatoms. The van der Waals surface area contributed by atoms with Crippen molar-refractivity contribution in [3.8, 4) is 11.5 Å². The maximum atomic E-state index is 12.7. The van der Waals surface area contributed by atoms with E-state index in [1.54, 1.807) is 6.07 Å². The van der Waals surface area contributed by atoms with Gasteiger partial charge in [-0.25, -0.2) is 0 Å². The molecule has 0 bridgehead atoms. The Morgan fingerprint density at radius 3 is 2.41 bits per heavy atom. The van der Waals surface area contributed by atoms with Crippen LogP contribution in [0.2, 0.25) is 0 Å². The molecule has 0 saturated heterocycles. The second-order valence-electron chi connectivity index (χ2n) is 5.11. The van der Waals surface area contributed by atoms with Gasteiger partial charge in [-0.3, -0.25) is 25.8 Å². The van der Waals surface area contributed by atoms with Crippen LogP contribution in [0.4, 0.5) is 24.5 Å². The summed E-state index contributed by atoms with van der Waals surface area (Å²) in [5.74, 6) is -0.327. The minimum atomic E-state index is -4.74. The molecular formula is C16H14F3N3O5. The summed E-state index contributed by atoms with van der Waals surface area (Å²) in [5.41, 5.74) is 2.15. The number of methoxy groups -OCH3 is 2. The zero-order valence-corrected chi connectivity index (χ0v) is 14.1. The molecule has 144 valence electrons. The summed E-state index contributed by atoms with van der Waals surface area (Å²) in [7, 11) is 2.70. The molecule has 0 atom stereocenters. The molecule has 0 aliphatic heterocycles. The van der Waals surface area contributed by atoms with Gasteiger partial charge in [0, 0.05) is 6.07 Å². The molecule has 1 amide bonds. The average Bonchev–Trinajstić information content (AvgIpc) is 2.64. The van der Waals surface area contributed by atoms with Crippen molar-refractivity contribution >= 4 is 17.3 Å². The number of carbonyl (C=O) groups is 1. The number of ether oxygens (including phenoxy) is 2. The standard InChI is InChI=1S/C16H14F3N3O5/c1-26-13-5-3-4-10(14(13)27-2)15(23)21-20-11-7-6-9(16(17,18)19)8-12(11)22(24)25/h3-8,20H,1-2H3,(H,21,23). The summed E-state index contributed by atoms with van der Waals surface area (Å²) in [6.07, 6.45) is -4.74. The Kier molecular flexibility index (Phi) is 5.73. The van der Waals surface area contributed by atoms with Crippen LogP contribution in [-0.2, 0) is 6.18 Å². The van der Waals surface area contributed by atoms with Gasteiger partial charge in [0.05, 0.1) is 30.3 Å². The molecule has 8 nitrogen and oxygen atoms in total. The van der Waals surface area contributed by atoms with E-state index in [0.717, 1.165) is 6.07 Å². The van der Waals surface area contributed by atoms with Crippen LogP contribution in [0.1, 0.15) is 15.9 Å². The predicted molar refractivity (Wildman–Crippen MR) is 88.7 cm³/mol. The number of rotatable bonds is 6. The van der Waals surface area contributed by atoms with E-state index in [1.165, 1.54) is 26.4 Å². The van der Waals surface area contributed by atoms with Crippen molar-refractivity contribution in [2.45, 2.75) is 6.18 Å². The quantitative estimate of drug-likeness (QED) is 0.584. The van der Waals surface area contributed by atoms with Gasteiger partial charge >= 0.3 is 6.18 Å². The van der Waals surface area contributed by atoms with Crippen LogP contribution in [0.3, 0.4) is 0 Å². The summed E-state index contributed by atoms with van der Waals surface area (Å²) in [6.45, 7) is 0. The van der Waals surface area contributed by atoms with Crippen molar-refractivity contribution in [3.63, 3.8) is 0 Å². The van der Waals surface area contributed by atoms with Gasteiger partial charge in [0.1, 0.15) is 5.69 Å². The van der Waals surface area contributed by atoms with Crippen LogP contribution >= 0.6 is 0 Å². The Labute approximate surface area is 151 Å². The number of nitrogens with zero attached hydrogens (tertiary/aromatic N) is 1. The van der Waals surface area contributed by atoms with Crippen LogP contribution in [0.15, 0.2) is 36.4 Å². The number of benzene rings is 2. The number of nitro benzene ring substituents is 1. The van der Waals surface area contributed by atoms with Gasteiger partial charge in [-0.2, -0.15) is 13.2 Å². The fourth-order valence-corrected chi connectivity index (χ4v) is 2.22. The second kappa shape index (κ2) is 7.81. The minimum absolute atomic E-state index is 0.0546. The highest BCUT2D eigenvalue weighted by atomic mass is 19.4. The molecule has 0 aliphatic rings. The first-order chi connectivity index (χ1) is 12.7. The molecular weight excluding hydrogens is 371 g/mol. The number of alkyl halides is 3. The second-order valence-corrected chi connectivity index (χ2v) is 5.11. The number of anilines is 1. The van der Waals surface area contributed by atoms with Crippen molar-refractivity contribution in [1.82, 2.24) is 5.43 Å². The van der Waals surface area contributed by atoms with Gasteiger partial charge in [-0.05, 0) is 24.3 Å². The summed E-state index contributed by atoms with van der Waals surface area (Å²) in [5, 5.41) is 11.0. The summed E-state index contributed by atoms with van der Waals surface area (Å²) in [6, 6.07) is 6.39. The molecule has 2 rings (SSSR count). The number of hydrazine groups is 1. The summed E-state index contributed by atoms with van der Waals surface area (Å²) < 4.78 is 48.3. The Hall–Kier alpha value is -3.50. The van der Waals surface area contributed by atoms with E-state index in [9.17, 15) is 28.1 Å². The smallest absolute Gasteiger partial charge is 0.416 e. The Morgan fingerprint density at radius 1 is 1.15 bits per heavy atom. The number of amides is 1. The van der Waals surface area contributed by atoms with E-state index in [2.05, 4.69) is 10.9 Å². The molecule has 0 fully saturated rings. The Bertz CT molecular complexity index is 871. The third-order valence-corrected chi connectivity index (χ3v) is 3.48. The van der Waals surface area contributed by atoms with Crippen molar-refractivity contribution < 1.29 is 32.4 Å². The SMILES string of the molecule is COc1cccc(C(=O)NNc2ccc(C(F)(F)F)cc2[N+](=O)[O-])c1OC.